The van der Waals surface area contributed by atoms with Gasteiger partial charge >= 0.3 is 0 Å². The lowest BCUT2D eigenvalue weighted by molar-refractivity contribution is 0.990. The number of benzene rings is 1. The highest BCUT2D eigenvalue weighted by atomic mass is 32.1. The van der Waals surface area contributed by atoms with Crippen LogP contribution in [-0.4, -0.2) is 4.98 Å². The summed E-state index contributed by atoms with van der Waals surface area (Å²) in [5.41, 5.74) is 6.10. The number of nitrogens with zero attached hydrogens (tertiary/aromatic N) is 2. The predicted molar refractivity (Wildman–Crippen MR) is 75.7 cm³/mol. The third-order valence-electron chi connectivity index (χ3n) is 2.94. The molecule has 3 heteroatoms. The lowest BCUT2D eigenvalue weighted by Crippen LogP contribution is -1.91. The van der Waals surface area contributed by atoms with Gasteiger partial charge in [0.25, 0.3) is 0 Å². The van der Waals surface area contributed by atoms with Crippen molar-refractivity contribution in [2.45, 2.75) is 33.6 Å². The van der Waals surface area contributed by atoms with Crippen LogP contribution in [0.1, 0.15) is 28.1 Å². The van der Waals surface area contributed by atoms with Gasteiger partial charge in [0, 0.05) is 23.8 Å². The predicted octanol–water partition coefficient (Wildman–Crippen LogP) is 4.19. The first-order chi connectivity index (χ1) is 8.61. The number of nitriles is 1. The molecule has 2 rings (SSSR count). The molecule has 2 nitrogen and oxygen atoms in total. The van der Waals surface area contributed by atoms with Gasteiger partial charge in [0.1, 0.15) is 0 Å². The maximum absolute atomic E-state index is 8.60. The van der Waals surface area contributed by atoms with Gasteiger partial charge < -0.3 is 0 Å². The zero-order valence-electron chi connectivity index (χ0n) is 10.9. The quantitative estimate of drug-likeness (QED) is 0.825. The van der Waals surface area contributed by atoms with Crippen LogP contribution in [-0.2, 0) is 6.42 Å². The van der Waals surface area contributed by atoms with Crippen molar-refractivity contribution >= 4 is 11.3 Å². The third kappa shape index (κ3) is 2.60. The summed E-state index contributed by atoms with van der Waals surface area (Å²) in [4.78, 5) is 4.64. The van der Waals surface area contributed by atoms with Crippen molar-refractivity contribution in [3.8, 4) is 17.3 Å². The fraction of sp³-hybridized carbons (Fsp3) is 0.333. The summed E-state index contributed by atoms with van der Waals surface area (Å²) in [7, 11) is 0. The molecule has 0 bridgehead atoms. The molecule has 1 aromatic carbocycles. The Morgan fingerprint density at radius 3 is 2.50 bits per heavy atom. The van der Waals surface area contributed by atoms with Gasteiger partial charge in [-0.2, -0.15) is 5.26 Å². The fourth-order valence-electron chi connectivity index (χ4n) is 2.29. The summed E-state index contributed by atoms with van der Waals surface area (Å²) in [6, 6.07) is 6.54. The Kier molecular flexibility index (Phi) is 3.78. The maximum atomic E-state index is 8.60. The van der Waals surface area contributed by atoms with Gasteiger partial charge in [-0.15, -0.1) is 11.3 Å². The minimum Gasteiger partial charge on any atom is -0.241 e. The summed E-state index contributed by atoms with van der Waals surface area (Å²) in [6.07, 6.45) is 1.30. The zero-order chi connectivity index (χ0) is 13.1. The summed E-state index contributed by atoms with van der Waals surface area (Å²) in [5.74, 6) is 0. The van der Waals surface area contributed by atoms with E-state index in [-0.39, 0.29) is 0 Å². The van der Waals surface area contributed by atoms with E-state index in [0.29, 0.717) is 6.42 Å². The highest BCUT2D eigenvalue weighted by Gasteiger charge is 2.10. The van der Waals surface area contributed by atoms with E-state index < -0.39 is 0 Å². The standard InChI is InChI=1S/C15H16N2S/c1-10-7-11(2)15(12(3)8-10)13-9-18-14(17-13)5-4-6-16/h7-9H,4-5H2,1-3H3. The Balaban J connectivity index is 2.38. The van der Waals surface area contributed by atoms with E-state index in [1.54, 1.807) is 11.3 Å². The molecule has 0 saturated carbocycles. The highest BCUT2D eigenvalue weighted by molar-refractivity contribution is 7.09. The number of aryl methyl sites for hydroxylation is 4. The van der Waals surface area contributed by atoms with Gasteiger partial charge in [0.2, 0.25) is 0 Å². The number of aromatic nitrogens is 1. The van der Waals surface area contributed by atoms with Crippen LogP contribution in [0.5, 0.6) is 0 Å². The molecule has 92 valence electrons. The van der Waals surface area contributed by atoms with E-state index >= 15 is 0 Å². The number of rotatable bonds is 3. The van der Waals surface area contributed by atoms with Crippen LogP contribution in [0.4, 0.5) is 0 Å². The van der Waals surface area contributed by atoms with Crippen LogP contribution in [0.25, 0.3) is 11.3 Å². The van der Waals surface area contributed by atoms with Crippen molar-refractivity contribution in [2.24, 2.45) is 0 Å². The van der Waals surface area contributed by atoms with E-state index in [2.05, 4.69) is 49.3 Å². The van der Waals surface area contributed by atoms with Crippen LogP contribution in [0, 0.1) is 32.1 Å². The van der Waals surface area contributed by atoms with E-state index in [9.17, 15) is 0 Å². The molecular weight excluding hydrogens is 240 g/mol. The molecule has 0 spiro atoms. The molecule has 0 fully saturated rings. The zero-order valence-corrected chi connectivity index (χ0v) is 11.8. The summed E-state index contributed by atoms with van der Waals surface area (Å²) in [5, 5.41) is 11.7. The second-order valence-corrected chi connectivity index (χ2v) is 5.50. The minimum absolute atomic E-state index is 0.540. The van der Waals surface area contributed by atoms with Crippen LogP contribution in [0.2, 0.25) is 0 Å². The van der Waals surface area contributed by atoms with Crippen molar-refractivity contribution in [3.05, 3.63) is 39.2 Å². The molecule has 0 atom stereocenters. The molecule has 18 heavy (non-hydrogen) atoms. The largest absolute Gasteiger partial charge is 0.241 e. The lowest BCUT2D eigenvalue weighted by Gasteiger charge is -2.08. The second-order valence-electron chi connectivity index (χ2n) is 4.56. The molecule has 0 amide bonds. The molecular formula is C15H16N2S. The van der Waals surface area contributed by atoms with Gasteiger partial charge in [0.15, 0.2) is 0 Å². The fourth-order valence-corrected chi connectivity index (χ4v) is 3.08. The normalized spacial score (nSPS) is 10.3. The van der Waals surface area contributed by atoms with Crippen molar-refractivity contribution in [2.75, 3.05) is 0 Å². The van der Waals surface area contributed by atoms with E-state index in [4.69, 9.17) is 5.26 Å². The molecule has 0 radical (unpaired) electrons. The van der Waals surface area contributed by atoms with E-state index in [1.807, 2.05) is 0 Å². The smallest absolute Gasteiger partial charge is 0.0942 e. The average molecular weight is 256 g/mol. The summed E-state index contributed by atoms with van der Waals surface area (Å²) < 4.78 is 0. The van der Waals surface area contributed by atoms with E-state index in [1.165, 1.54) is 22.3 Å². The van der Waals surface area contributed by atoms with Crippen molar-refractivity contribution in [1.29, 1.82) is 5.26 Å². The average Bonchev–Trinajstić information content (AvgIpc) is 2.73. The summed E-state index contributed by atoms with van der Waals surface area (Å²) >= 11 is 1.64. The minimum atomic E-state index is 0.540. The molecule has 1 heterocycles. The molecule has 0 unspecified atom stereocenters. The number of hydrogen-bond donors (Lipinski definition) is 0. The molecule has 2 aromatic rings. The molecule has 0 saturated heterocycles. The van der Waals surface area contributed by atoms with Crippen molar-refractivity contribution in [3.63, 3.8) is 0 Å². The Labute approximate surface area is 112 Å². The Hall–Kier alpha value is -1.66. The molecule has 0 aliphatic rings. The molecule has 0 aliphatic heterocycles. The van der Waals surface area contributed by atoms with Crippen LogP contribution >= 0.6 is 11.3 Å². The van der Waals surface area contributed by atoms with Crippen LogP contribution < -0.4 is 0 Å². The number of thiazole rings is 1. The topological polar surface area (TPSA) is 36.7 Å². The molecule has 1 aromatic heterocycles. The van der Waals surface area contributed by atoms with Crippen molar-refractivity contribution in [1.82, 2.24) is 4.98 Å². The first kappa shape index (κ1) is 12.8. The monoisotopic (exact) mass is 256 g/mol. The number of hydrogen-bond acceptors (Lipinski definition) is 3. The first-order valence-corrected chi connectivity index (χ1v) is 6.89. The van der Waals surface area contributed by atoms with Crippen molar-refractivity contribution < 1.29 is 0 Å². The summed E-state index contributed by atoms with van der Waals surface area (Å²) in [6.45, 7) is 6.37. The van der Waals surface area contributed by atoms with Crippen LogP contribution in [0.15, 0.2) is 17.5 Å². The second kappa shape index (κ2) is 5.32. The Morgan fingerprint density at radius 2 is 1.89 bits per heavy atom. The van der Waals surface area contributed by atoms with Gasteiger partial charge in [-0.05, 0) is 31.9 Å². The maximum Gasteiger partial charge on any atom is 0.0942 e. The van der Waals surface area contributed by atoms with Gasteiger partial charge in [-0.1, -0.05) is 17.7 Å². The first-order valence-electron chi connectivity index (χ1n) is 6.01. The third-order valence-corrected chi connectivity index (χ3v) is 3.84. The molecule has 0 N–H and O–H groups in total. The van der Waals surface area contributed by atoms with E-state index in [0.717, 1.165) is 17.1 Å². The van der Waals surface area contributed by atoms with Crippen LogP contribution in [0.3, 0.4) is 0 Å². The Bertz CT molecular complexity index is 582. The van der Waals surface area contributed by atoms with Gasteiger partial charge in [-0.3, -0.25) is 0 Å². The van der Waals surface area contributed by atoms with Gasteiger partial charge in [0.05, 0.1) is 16.8 Å². The molecule has 0 aliphatic carbocycles. The SMILES string of the molecule is Cc1cc(C)c(-c2csc(CCC#N)n2)c(C)c1. The highest BCUT2D eigenvalue weighted by Crippen LogP contribution is 2.29. The lowest BCUT2D eigenvalue weighted by atomic mass is 9.98. The Morgan fingerprint density at radius 1 is 1.22 bits per heavy atom. The van der Waals surface area contributed by atoms with Gasteiger partial charge in [-0.25, -0.2) is 4.98 Å².